The Bertz CT molecular complexity index is 175. The van der Waals surface area contributed by atoms with Crippen LogP contribution in [0.2, 0.25) is 0 Å². The van der Waals surface area contributed by atoms with Crippen LogP contribution in [0.4, 0.5) is 0 Å². The fourth-order valence-electron chi connectivity index (χ4n) is 2.32. The predicted molar refractivity (Wildman–Crippen MR) is 53.8 cm³/mol. The van der Waals surface area contributed by atoms with Crippen LogP contribution >= 0.6 is 0 Å². The van der Waals surface area contributed by atoms with Crippen molar-refractivity contribution >= 4 is 0 Å². The molecular weight excluding hydrogens is 162 g/mol. The van der Waals surface area contributed by atoms with Crippen molar-refractivity contribution in [2.24, 2.45) is 5.92 Å². The first-order valence-corrected chi connectivity index (χ1v) is 5.56. The number of nitrogens with one attached hydrogen (secondary N) is 1. The van der Waals surface area contributed by atoms with Crippen molar-refractivity contribution in [3.8, 4) is 0 Å². The molecule has 0 aromatic rings. The molecule has 0 aromatic heterocycles. The Balaban J connectivity index is 1.87. The topological polar surface area (TPSA) is 21.3 Å². The third kappa shape index (κ3) is 2.05. The smallest absolute Gasteiger partial charge is 0.0779 e. The minimum Gasteiger partial charge on any atom is -0.373 e. The van der Waals surface area contributed by atoms with Crippen LogP contribution in [0.3, 0.4) is 0 Å². The third-order valence-corrected chi connectivity index (χ3v) is 3.60. The van der Waals surface area contributed by atoms with E-state index < -0.39 is 0 Å². The summed E-state index contributed by atoms with van der Waals surface area (Å²) >= 11 is 0. The molecule has 0 amide bonds. The molecule has 0 aromatic carbocycles. The van der Waals surface area contributed by atoms with Crippen LogP contribution in [-0.4, -0.2) is 24.8 Å². The SMILES string of the molecule is CC1(C)OCCNC1CC1CCC1. The van der Waals surface area contributed by atoms with Gasteiger partial charge in [-0.1, -0.05) is 19.3 Å². The largest absolute Gasteiger partial charge is 0.373 e. The van der Waals surface area contributed by atoms with Gasteiger partial charge in [-0.15, -0.1) is 0 Å². The molecule has 2 aliphatic rings. The Hall–Kier alpha value is -0.0800. The van der Waals surface area contributed by atoms with Gasteiger partial charge in [-0.05, 0) is 26.2 Å². The molecule has 1 saturated heterocycles. The van der Waals surface area contributed by atoms with Crippen LogP contribution in [0.25, 0.3) is 0 Å². The quantitative estimate of drug-likeness (QED) is 0.706. The third-order valence-electron chi connectivity index (χ3n) is 3.60. The lowest BCUT2D eigenvalue weighted by atomic mass is 9.77. The Morgan fingerprint density at radius 2 is 2.15 bits per heavy atom. The van der Waals surface area contributed by atoms with Gasteiger partial charge in [-0.25, -0.2) is 0 Å². The van der Waals surface area contributed by atoms with Crippen LogP contribution < -0.4 is 5.32 Å². The van der Waals surface area contributed by atoms with Crippen LogP contribution in [0.1, 0.15) is 39.5 Å². The van der Waals surface area contributed by atoms with Gasteiger partial charge in [0.05, 0.1) is 12.2 Å². The fourth-order valence-corrected chi connectivity index (χ4v) is 2.32. The molecule has 2 nitrogen and oxygen atoms in total. The summed E-state index contributed by atoms with van der Waals surface area (Å²) in [7, 11) is 0. The first kappa shape index (κ1) is 9.47. The number of rotatable bonds is 2. The molecule has 0 bridgehead atoms. The minimum atomic E-state index is 0.0494. The molecule has 1 aliphatic carbocycles. The van der Waals surface area contributed by atoms with Crippen molar-refractivity contribution < 1.29 is 4.74 Å². The van der Waals surface area contributed by atoms with E-state index in [4.69, 9.17) is 4.74 Å². The van der Waals surface area contributed by atoms with E-state index in [1.807, 2.05) is 0 Å². The van der Waals surface area contributed by atoms with Crippen molar-refractivity contribution in [1.82, 2.24) is 5.32 Å². The zero-order chi connectivity index (χ0) is 9.31. The zero-order valence-corrected chi connectivity index (χ0v) is 8.81. The second-order valence-electron chi connectivity index (χ2n) is 4.99. The molecule has 76 valence electrons. The average molecular weight is 183 g/mol. The molecular formula is C11H21NO. The van der Waals surface area contributed by atoms with E-state index >= 15 is 0 Å². The summed E-state index contributed by atoms with van der Waals surface area (Å²) in [4.78, 5) is 0. The minimum absolute atomic E-state index is 0.0494. The second kappa shape index (κ2) is 3.58. The maximum Gasteiger partial charge on any atom is 0.0779 e. The molecule has 1 heterocycles. The molecule has 0 spiro atoms. The van der Waals surface area contributed by atoms with E-state index in [9.17, 15) is 0 Å². The molecule has 2 rings (SSSR count). The zero-order valence-electron chi connectivity index (χ0n) is 8.81. The van der Waals surface area contributed by atoms with Gasteiger partial charge < -0.3 is 10.1 Å². The lowest BCUT2D eigenvalue weighted by Gasteiger charge is -2.42. The van der Waals surface area contributed by atoms with E-state index in [0.29, 0.717) is 6.04 Å². The van der Waals surface area contributed by atoms with Crippen molar-refractivity contribution in [3.05, 3.63) is 0 Å². The molecule has 2 fully saturated rings. The van der Waals surface area contributed by atoms with E-state index in [0.717, 1.165) is 19.1 Å². The Kier molecular flexibility index (Phi) is 2.61. The molecule has 1 aliphatic heterocycles. The summed E-state index contributed by atoms with van der Waals surface area (Å²) in [5.41, 5.74) is 0.0494. The summed E-state index contributed by atoms with van der Waals surface area (Å²) in [5.74, 6) is 0.971. The molecule has 13 heavy (non-hydrogen) atoms. The number of morpholine rings is 1. The van der Waals surface area contributed by atoms with Gasteiger partial charge in [0.2, 0.25) is 0 Å². The van der Waals surface area contributed by atoms with Gasteiger partial charge in [-0.2, -0.15) is 0 Å². The first-order chi connectivity index (χ1) is 6.18. The normalized spacial score (nSPS) is 34.2. The van der Waals surface area contributed by atoms with E-state index in [2.05, 4.69) is 19.2 Å². The van der Waals surface area contributed by atoms with Crippen LogP contribution in [-0.2, 0) is 4.74 Å². The Morgan fingerprint density at radius 1 is 1.38 bits per heavy atom. The molecule has 1 saturated carbocycles. The molecule has 2 heteroatoms. The number of hydrogen-bond acceptors (Lipinski definition) is 2. The maximum absolute atomic E-state index is 5.78. The van der Waals surface area contributed by atoms with Gasteiger partial charge in [0, 0.05) is 12.6 Å². The highest BCUT2D eigenvalue weighted by Crippen LogP contribution is 2.34. The van der Waals surface area contributed by atoms with E-state index in [1.54, 1.807) is 0 Å². The van der Waals surface area contributed by atoms with E-state index in [-0.39, 0.29) is 5.60 Å². The maximum atomic E-state index is 5.78. The first-order valence-electron chi connectivity index (χ1n) is 5.56. The molecule has 0 radical (unpaired) electrons. The van der Waals surface area contributed by atoms with Gasteiger partial charge in [0.25, 0.3) is 0 Å². The van der Waals surface area contributed by atoms with Crippen molar-refractivity contribution in [2.45, 2.75) is 51.2 Å². The summed E-state index contributed by atoms with van der Waals surface area (Å²) in [6, 6.07) is 0.576. The van der Waals surface area contributed by atoms with Gasteiger partial charge in [-0.3, -0.25) is 0 Å². The predicted octanol–water partition coefficient (Wildman–Crippen LogP) is 1.94. The van der Waals surface area contributed by atoms with Crippen LogP contribution in [0.5, 0.6) is 0 Å². The van der Waals surface area contributed by atoms with E-state index in [1.165, 1.54) is 25.7 Å². The Morgan fingerprint density at radius 3 is 2.69 bits per heavy atom. The summed E-state index contributed by atoms with van der Waals surface area (Å²) in [6.07, 6.45) is 5.63. The molecule has 1 N–H and O–H groups in total. The summed E-state index contributed by atoms with van der Waals surface area (Å²) in [6.45, 7) is 6.32. The monoisotopic (exact) mass is 183 g/mol. The highest BCUT2D eigenvalue weighted by atomic mass is 16.5. The van der Waals surface area contributed by atoms with Crippen molar-refractivity contribution in [3.63, 3.8) is 0 Å². The van der Waals surface area contributed by atoms with Gasteiger partial charge in [0.1, 0.15) is 0 Å². The number of hydrogen-bond donors (Lipinski definition) is 1. The summed E-state index contributed by atoms with van der Waals surface area (Å²) in [5, 5.41) is 3.58. The fraction of sp³-hybridized carbons (Fsp3) is 1.00. The lowest BCUT2D eigenvalue weighted by molar-refractivity contribution is -0.0784. The highest BCUT2D eigenvalue weighted by Gasteiger charge is 2.35. The van der Waals surface area contributed by atoms with Gasteiger partial charge >= 0.3 is 0 Å². The second-order valence-corrected chi connectivity index (χ2v) is 4.99. The van der Waals surface area contributed by atoms with Crippen LogP contribution in [0.15, 0.2) is 0 Å². The van der Waals surface area contributed by atoms with Crippen LogP contribution in [0, 0.1) is 5.92 Å². The summed E-state index contributed by atoms with van der Waals surface area (Å²) < 4.78 is 5.78. The Labute approximate surface area is 81.0 Å². The molecule has 1 atom stereocenters. The van der Waals surface area contributed by atoms with Gasteiger partial charge in [0.15, 0.2) is 0 Å². The van der Waals surface area contributed by atoms with Crippen molar-refractivity contribution in [2.75, 3.05) is 13.2 Å². The standard InChI is InChI=1S/C11H21NO/c1-11(2)10(12-6-7-13-11)8-9-4-3-5-9/h9-10,12H,3-8H2,1-2H3. The number of ether oxygens (including phenoxy) is 1. The highest BCUT2D eigenvalue weighted by molar-refractivity contribution is 4.91. The lowest BCUT2D eigenvalue weighted by Crippen LogP contribution is -2.55. The average Bonchev–Trinajstić information content (AvgIpc) is 1.98. The molecule has 1 unspecified atom stereocenters. The van der Waals surface area contributed by atoms with Crippen molar-refractivity contribution in [1.29, 1.82) is 0 Å².